The van der Waals surface area contributed by atoms with Gasteiger partial charge in [-0.3, -0.25) is 4.79 Å². The minimum absolute atomic E-state index is 0.0620. The highest BCUT2D eigenvalue weighted by Crippen LogP contribution is 2.30. The summed E-state index contributed by atoms with van der Waals surface area (Å²) < 4.78 is 0.913. The number of aliphatic carboxylic acids is 1. The van der Waals surface area contributed by atoms with Crippen LogP contribution in [0.3, 0.4) is 0 Å². The maximum Gasteiger partial charge on any atom is 0.308 e. The monoisotopic (exact) mass is 243 g/mol. The molecule has 0 aromatic carbocycles. The van der Waals surface area contributed by atoms with E-state index in [0.29, 0.717) is 5.25 Å². The fourth-order valence-electron chi connectivity index (χ4n) is 0.960. The Bertz CT molecular complexity index is 373. The van der Waals surface area contributed by atoms with E-state index in [-0.39, 0.29) is 6.42 Å². The van der Waals surface area contributed by atoms with Crippen LogP contribution in [0, 0.1) is 6.92 Å². The predicted molar refractivity (Wildman–Crippen MR) is 63.7 cm³/mol. The minimum Gasteiger partial charge on any atom is -0.481 e. The van der Waals surface area contributed by atoms with Gasteiger partial charge in [0.15, 0.2) is 4.34 Å². The number of hydrogen-bond acceptors (Lipinski definition) is 4. The lowest BCUT2D eigenvalue weighted by Gasteiger charge is -1.99. The van der Waals surface area contributed by atoms with Crippen molar-refractivity contribution < 1.29 is 9.90 Å². The zero-order valence-corrected chi connectivity index (χ0v) is 10.3. The maximum absolute atomic E-state index is 10.6. The summed E-state index contributed by atoms with van der Waals surface area (Å²) in [5.41, 5.74) is 0.821. The summed E-state index contributed by atoms with van der Waals surface area (Å²) in [4.78, 5) is 15.7. The molecule has 15 heavy (non-hydrogen) atoms. The van der Waals surface area contributed by atoms with Gasteiger partial charge in [0, 0.05) is 10.1 Å². The third-order valence-corrected chi connectivity index (χ3v) is 4.15. The van der Waals surface area contributed by atoms with E-state index < -0.39 is 5.97 Å². The average Bonchev–Trinajstić information content (AvgIpc) is 2.45. The molecule has 5 heteroatoms. The van der Waals surface area contributed by atoms with Gasteiger partial charge < -0.3 is 5.11 Å². The zero-order valence-electron chi connectivity index (χ0n) is 8.69. The van der Waals surface area contributed by atoms with E-state index in [1.54, 1.807) is 11.8 Å². The first-order valence-electron chi connectivity index (χ1n) is 4.50. The van der Waals surface area contributed by atoms with Gasteiger partial charge in [0.25, 0.3) is 0 Å². The highest BCUT2D eigenvalue weighted by atomic mass is 32.2. The molecule has 0 saturated carbocycles. The van der Waals surface area contributed by atoms with Crippen molar-refractivity contribution in [3.8, 4) is 0 Å². The van der Waals surface area contributed by atoms with Crippen LogP contribution < -0.4 is 0 Å². The first kappa shape index (κ1) is 12.3. The van der Waals surface area contributed by atoms with Crippen molar-refractivity contribution in [3.05, 3.63) is 23.2 Å². The number of carboxylic acid groups (broad SMARTS) is 1. The topological polar surface area (TPSA) is 50.2 Å². The van der Waals surface area contributed by atoms with E-state index in [2.05, 4.69) is 11.6 Å². The third kappa shape index (κ3) is 3.68. The summed E-state index contributed by atoms with van der Waals surface area (Å²) in [6, 6.07) is 0. The maximum atomic E-state index is 10.6. The summed E-state index contributed by atoms with van der Waals surface area (Å²) in [7, 11) is 0. The molecule has 0 amide bonds. The Labute approximate surface area is 97.2 Å². The molecule has 0 fully saturated rings. The third-order valence-electron chi connectivity index (χ3n) is 1.80. The molecule has 1 aromatic heterocycles. The molecular formula is C10H13NO2S2. The van der Waals surface area contributed by atoms with Gasteiger partial charge in [0.1, 0.15) is 0 Å². The minimum atomic E-state index is -0.810. The Hall–Kier alpha value is -0.810. The van der Waals surface area contributed by atoms with Crippen molar-refractivity contribution in [3.63, 3.8) is 0 Å². The van der Waals surface area contributed by atoms with Crippen molar-refractivity contribution in [2.24, 2.45) is 0 Å². The number of aromatic nitrogens is 1. The first-order chi connectivity index (χ1) is 7.02. The molecule has 1 aromatic rings. The molecule has 1 heterocycles. The van der Waals surface area contributed by atoms with E-state index in [4.69, 9.17) is 5.11 Å². The number of thiazole rings is 1. The summed E-state index contributed by atoms with van der Waals surface area (Å²) >= 11 is 3.06. The number of aryl methyl sites for hydroxylation is 1. The predicted octanol–water partition coefficient (Wildman–Crippen LogP) is 2.75. The van der Waals surface area contributed by atoms with Gasteiger partial charge in [-0.1, -0.05) is 17.8 Å². The van der Waals surface area contributed by atoms with Crippen molar-refractivity contribution in [2.75, 3.05) is 0 Å². The normalized spacial score (nSPS) is 12.4. The molecule has 0 aliphatic rings. The highest BCUT2D eigenvalue weighted by molar-refractivity contribution is 8.01. The molecule has 1 rings (SSSR count). The summed E-state index contributed by atoms with van der Waals surface area (Å²) in [5.74, 6) is -0.810. The van der Waals surface area contributed by atoms with Crippen LogP contribution in [0.15, 0.2) is 17.0 Å². The number of rotatable bonds is 5. The van der Waals surface area contributed by atoms with Crippen LogP contribution >= 0.6 is 23.1 Å². The zero-order chi connectivity index (χ0) is 11.4. The molecule has 3 nitrogen and oxygen atoms in total. The molecule has 0 spiro atoms. The van der Waals surface area contributed by atoms with Gasteiger partial charge in [-0.2, -0.15) is 0 Å². The number of carbonyl (C=O) groups is 1. The van der Waals surface area contributed by atoms with Crippen molar-refractivity contribution in [2.45, 2.75) is 29.9 Å². The summed E-state index contributed by atoms with van der Waals surface area (Å²) in [6.45, 7) is 7.57. The van der Waals surface area contributed by atoms with E-state index >= 15 is 0 Å². The fourth-order valence-corrected chi connectivity index (χ4v) is 3.30. The number of hydrogen-bond donors (Lipinski definition) is 1. The Kier molecular flexibility index (Phi) is 4.35. The second-order valence-electron chi connectivity index (χ2n) is 3.12. The Morgan fingerprint density at radius 1 is 1.80 bits per heavy atom. The quantitative estimate of drug-likeness (QED) is 0.638. The van der Waals surface area contributed by atoms with Crippen LogP contribution in [0.1, 0.15) is 17.5 Å². The van der Waals surface area contributed by atoms with Gasteiger partial charge in [-0.25, -0.2) is 4.98 Å². The van der Waals surface area contributed by atoms with E-state index in [0.717, 1.165) is 14.9 Å². The van der Waals surface area contributed by atoms with Crippen LogP contribution in [-0.2, 0) is 11.2 Å². The molecule has 1 N–H and O–H groups in total. The molecular weight excluding hydrogens is 230 g/mol. The van der Waals surface area contributed by atoms with Crippen LogP contribution in [0.5, 0.6) is 0 Å². The van der Waals surface area contributed by atoms with Crippen molar-refractivity contribution in [1.29, 1.82) is 0 Å². The van der Waals surface area contributed by atoms with Crippen LogP contribution in [0.2, 0.25) is 0 Å². The van der Waals surface area contributed by atoms with Gasteiger partial charge in [-0.05, 0) is 13.8 Å². The molecule has 0 saturated heterocycles. The van der Waals surface area contributed by atoms with Crippen LogP contribution in [-0.4, -0.2) is 21.3 Å². The molecule has 82 valence electrons. The van der Waals surface area contributed by atoms with Gasteiger partial charge in [0.2, 0.25) is 0 Å². The standard InChI is InChI=1S/C10H13NO2S2/c1-4-6(2)14-10-11-7(3)8(15-10)5-9(12)13/h4,6H,1,5H2,2-3H3,(H,12,13). The molecule has 1 unspecified atom stereocenters. The average molecular weight is 243 g/mol. The number of nitrogens with zero attached hydrogens (tertiary/aromatic N) is 1. The summed E-state index contributed by atoms with van der Waals surface area (Å²) in [5, 5.41) is 8.98. The largest absolute Gasteiger partial charge is 0.481 e. The second kappa shape index (κ2) is 5.32. The van der Waals surface area contributed by atoms with Crippen molar-refractivity contribution in [1.82, 2.24) is 4.98 Å². The first-order valence-corrected chi connectivity index (χ1v) is 6.20. The Morgan fingerprint density at radius 3 is 3.00 bits per heavy atom. The smallest absolute Gasteiger partial charge is 0.308 e. The van der Waals surface area contributed by atoms with Gasteiger partial charge in [0.05, 0.1) is 12.1 Å². The van der Waals surface area contributed by atoms with Crippen LogP contribution in [0.4, 0.5) is 0 Å². The lowest BCUT2D eigenvalue weighted by atomic mass is 10.3. The van der Waals surface area contributed by atoms with Gasteiger partial charge in [-0.15, -0.1) is 17.9 Å². The van der Waals surface area contributed by atoms with E-state index in [9.17, 15) is 4.79 Å². The number of carboxylic acids is 1. The summed E-state index contributed by atoms with van der Waals surface area (Å²) in [6.07, 6.45) is 1.91. The number of thioether (sulfide) groups is 1. The Balaban J connectivity index is 2.76. The lowest BCUT2D eigenvalue weighted by Crippen LogP contribution is -1.99. The molecule has 0 aliphatic carbocycles. The molecule has 0 bridgehead atoms. The molecule has 0 aliphatic heterocycles. The lowest BCUT2D eigenvalue weighted by molar-refractivity contribution is -0.136. The fraction of sp³-hybridized carbons (Fsp3) is 0.400. The van der Waals surface area contributed by atoms with Crippen LogP contribution in [0.25, 0.3) is 0 Å². The SMILES string of the molecule is C=CC(C)Sc1nc(C)c(CC(=O)O)s1. The van der Waals surface area contributed by atoms with Gasteiger partial charge >= 0.3 is 5.97 Å². The Morgan fingerprint density at radius 2 is 2.47 bits per heavy atom. The molecule has 1 atom stereocenters. The molecule has 0 radical (unpaired) electrons. The van der Waals surface area contributed by atoms with E-state index in [1.165, 1.54) is 11.3 Å². The van der Waals surface area contributed by atoms with E-state index in [1.807, 2.05) is 19.9 Å². The second-order valence-corrected chi connectivity index (χ2v) is 5.83. The van der Waals surface area contributed by atoms with Crippen molar-refractivity contribution >= 4 is 29.1 Å². The highest BCUT2D eigenvalue weighted by Gasteiger charge is 2.12.